The zero-order valence-electron chi connectivity index (χ0n) is 12.9. The minimum absolute atomic E-state index is 0.155. The van der Waals surface area contributed by atoms with Crippen molar-refractivity contribution in [1.29, 1.82) is 0 Å². The second kappa shape index (κ2) is 6.98. The second-order valence-electron chi connectivity index (χ2n) is 6.48. The molecule has 2 bridgehead atoms. The van der Waals surface area contributed by atoms with E-state index in [4.69, 9.17) is 4.74 Å². The first-order chi connectivity index (χ1) is 11.1. The van der Waals surface area contributed by atoms with Crippen molar-refractivity contribution in [2.24, 2.45) is 17.8 Å². The number of amides is 2. The van der Waals surface area contributed by atoms with Gasteiger partial charge >= 0.3 is 0 Å². The van der Waals surface area contributed by atoms with Crippen LogP contribution in [0.4, 0.5) is 4.39 Å². The topological polar surface area (TPSA) is 67.4 Å². The van der Waals surface area contributed by atoms with Crippen molar-refractivity contribution in [3.63, 3.8) is 0 Å². The minimum atomic E-state index is -0.449. The lowest BCUT2D eigenvalue weighted by molar-refractivity contribution is -0.130. The van der Waals surface area contributed by atoms with Crippen LogP contribution in [-0.4, -0.2) is 18.4 Å². The largest absolute Gasteiger partial charge is 0.484 e. The van der Waals surface area contributed by atoms with Crippen LogP contribution in [0.1, 0.15) is 32.1 Å². The summed E-state index contributed by atoms with van der Waals surface area (Å²) in [5.74, 6) is 1.37. The van der Waals surface area contributed by atoms with E-state index < -0.39 is 5.91 Å². The summed E-state index contributed by atoms with van der Waals surface area (Å²) in [7, 11) is 0. The Kier molecular flexibility index (Phi) is 4.79. The number of hydrogen-bond donors (Lipinski definition) is 2. The Hall–Kier alpha value is -2.11. The molecule has 6 heteroatoms. The van der Waals surface area contributed by atoms with Crippen molar-refractivity contribution in [2.45, 2.75) is 32.1 Å². The molecule has 0 radical (unpaired) electrons. The molecular weight excluding hydrogens is 299 g/mol. The maximum Gasteiger partial charge on any atom is 0.276 e. The standard InChI is InChI=1S/C17H21FN2O3/c18-14-3-5-15(6-4-14)23-10-17(22)20-19-16(21)9-13-8-11-1-2-12(13)7-11/h3-6,11-13H,1-2,7-10H2,(H,19,21)(H,20,22). The van der Waals surface area contributed by atoms with Crippen molar-refractivity contribution >= 4 is 11.8 Å². The maximum absolute atomic E-state index is 12.7. The van der Waals surface area contributed by atoms with Crippen LogP contribution in [0.3, 0.4) is 0 Å². The van der Waals surface area contributed by atoms with Crippen molar-refractivity contribution < 1.29 is 18.7 Å². The van der Waals surface area contributed by atoms with E-state index in [1.54, 1.807) is 0 Å². The molecule has 0 heterocycles. The summed E-state index contributed by atoms with van der Waals surface area (Å²) < 4.78 is 17.9. The highest BCUT2D eigenvalue weighted by molar-refractivity contribution is 5.82. The Bertz CT molecular complexity index is 576. The van der Waals surface area contributed by atoms with Crippen molar-refractivity contribution in [3.8, 4) is 5.75 Å². The van der Waals surface area contributed by atoms with E-state index in [9.17, 15) is 14.0 Å². The summed E-state index contributed by atoms with van der Waals surface area (Å²) in [5.41, 5.74) is 4.78. The van der Waals surface area contributed by atoms with Gasteiger partial charge in [-0.3, -0.25) is 20.4 Å². The summed E-state index contributed by atoms with van der Waals surface area (Å²) in [4.78, 5) is 23.5. The third kappa shape index (κ3) is 4.21. The monoisotopic (exact) mass is 320 g/mol. The molecule has 23 heavy (non-hydrogen) atoms. The fourth-order valence-electron chi connectivity index (χ4n) is 3.77. The first-order valence-corrected chi connectivity index (χ1v) is 8.06. The number of rotatable bonds is 5. The molecule has 0 spiro atoms. The highest BCUT2D eigenvalue weighted by atomic mass is 19.1. The summed E-state index contributed by atoms with van der Waals surface area (Å²) in [6, 6.07) is 5.39. The highest BCUT2D eigenvalue weighted by Crippen LogP contribution is 2.49. The Labute approximate surface area is 134 Å². The maximum atomic E-state index is 12.7. The van der Waals surface area contributed by atoms with Gasteiger partial charge in [0.25, 0.3) is 5.91 Å². The average molecular weight is 320 g/mol. The lowest BCUT2D eigenvalue weighted by atomic mass is 9.86. The van der Waals surface area contributed by atoms with E-state index in [0.717, 1.165) is 12.3 Å². The normalized spacial score (nSPS) is 25.2. The molecule has 2 fully saturated rings. The predicted molar refractivity (Wildman–Crippen MR) is 81.7 cm³/mol. The number of benzene rings is 1. The Balaban J connectivity index is 1.34. The molecule has 3 rings (SSSR count). The van der Waals surface area contributed by atoms with E-state index in [-0.39, 0.29) is 18.3 Å². The van der Waals surface area contributed by atoms with Gasteiger partial charge in [-0.15, -0.1) is 0 Å². The van der Waals surface area contributed by atoms with Gasteiger partial charge in [-0.05, 0) is 61.3 Å². The fraction of sp³-hybridized carbons (Fsp3) is 0.529. The summed E-state index contributed by atoms with van der Waals surface area (Å²) in [6.07, 6.45) is 5.41. The molecule has 2 amide bonds. The van der Waals surface area contributed by atoms with E-state index in [1.165, 1.54) is 43.5 Å². The van der Waals surface area contributed by atoms with E-state index in [2.05, 4.69) is 10.9 Å². The average Bonchev–Trinajstić information content (AvgIpc) is 3.15. The Morgan fingerprint density at radius 1 is 1.09 bits per heavy atom. The van der Waals surface area contributed by atoms with Gasteiger partial charge in [0.05, 0.1) is 0 Å². The van der Waals surface area contributed by atoms with Gasteiger partial charge in [-0.2, -0.15) is 0 Å². The molecule has 5 nitrogen and oxygen atoms in total. The van der Waals surface area contributed by atoms with Crippen molar-refractivity contribution in [1.82, 2.24) is 10.9 Å². The molecule has 1 aromatic rings. The number of carbonyl (C=O) groups is 2. The molecule has 0 aliphatic heterocycles. The third-order valence-electron chi connectivity index (χ3n) is 4.86. The summed E-state index contributed by atoms with van der Waals surface area (Å²) in [5, 5.41) is 0. The molecule has 2 saturated carbocycles. The number of hydrogen-bond acceptors (Lipinski definition) is 3. The van der Waals surface area contributed by atoms with Crippen LogP contribution in [-0.2, 0) is 9.59 Å². The first-order valence-electron chi connectivity index (χ1n) is 8.06. The molecule has 3 unspecified atom stereocenters. The molecule has 124 valence electrons. The molecule has 3 atom stereocenters. The quantitative estimate of drug-likeness (QED) is 0.817. The first kappa shape index (κ1) is 15.8. The van der Waals surface area contributed by atoms with Crippen LogP contribution in [0.5, 0.6) is 5.75 Å². The predicted octanol–water partition coefficient (Wildman–Crippen LogP) is 2.18. The van der Waals surface area contributed by atoms with E-state index in [0.29, 0.717) is 24.0 Å². The fourth-order valence-corrected chi connectivity index (χ4v) is 3.77. The van der Waals surface area contributed by atoms with Gasteiger partial charge in [0.2, 0.25) is 5.91 Å². The van der Waals surface area contributed by atoms with Gasteiger partial charge in [-0.1, -0.05) is 6.42 Å². The smallest absolute Gasteiger partial charge is 0.276 e. The van der Waals surface area contributed by atoms with Crippen LogP contribution >= 0.6 is 0 Å². The third-order valence-corrected chi connectivity index (χ3v) is 4.86. The van der Waals surface area contributed by atoms with Crippen LogP contribution < -0.4 is 15.6 Å². The van der Waals surface area contributed by atoms with Gasteiger partial charge in [0, 0.05) is 6.42 Å². The Morgan fingerprint density at radius 3 is 2.48 bits per heavy atom. The number of nitrogens with one attached hydrogen (secondary N) is 2. The van der Waals surface area contributed by atoms with Gasteiger partial charge in [0.1, 0.15) is 11.6 Å². The van der Waals surface area contributed by atoms with Crippen LogP contribution in [0.2, 0.25) is 0 Å². The van der Waals surface area contributed by atoms with Gasteiger partial charge in [0.15, 0.2) is 6.61 Å². The van der Waals surface area contributed by atoms with Gasteiger partial charge < -0.3 is 4.74 Å². The van der Waals surface area contributed by atoms with Gasteiger partial charge in [-0.25, -0.2) is 4.39 Å². The number of hydrazine groups is 1. The Morgan fingerprint density at radius 2 is 1.83 bits per heavy atom. The lowest BCUT2D eigenvalue weighted by Gasteiger charge is -2.20. The summed E-state index contributed by atoms with van der Waals surface area (Å²) in [6.45, 7) is -0.236. The molecule has 2 aliphatic rings. The lowest BCUT2D eigenvalue weighted by Crippen LogP contribution is -2.44. The van der Waals surface area contributed by atoms with Crippen molar-refractivity contribution in [2.75, 3.05) is 6.61 Å². The molecule has 0 aromatic heterocycles. The van der Waals surface area contributed by atoms with E-state index in [1.807, 2.05) is 0 Å². The molecular formula is C17H21FN2O3. The second-order valence-corrected chi connectivity index (χ2v) is 6.48. The SMILES string of the molecule is O=C(COc1ccc(F)cc1)NNC(=O)CC1CC2CCC1C2. The zero-order chi connectivity index (χ0) is 16.2. The number of fused-ring (bicyclic) bond motifs is 2. The highest BCUT2D eigenvalue weighted by Gasteiger charge is 2.40. The van der Waals surface area contributed by atoms with Crippen LogP contribution in [0, 0.1) is 23.6 Å². The van der Waals surface area contributed by atoms with E-state index >= 15 is 0 Å². The number of halogens is 1. The summed E-state index contributed by atoms with van der Waals surface area (Å²) >= 11 is 0. The number of ether oxygens (including phenoxy) is 1. The molecule has 2 aliphatic carbocycles. The molecule has 1 aromatic carbocycles. The molecule has 0 saturated heterocycles. The minimum Gasteiger partial charge on any atom is -0.484 e. The van der Waals surface area contributed by atoms with Crippen molar-refractivity contribution in [3.05, 3.63) is 30.1 Å². The number of carbonyl (C=O) groups excluding carboxylic acids is 2. The van der Waals surface area contributed by atoms with Crippen LogP contribution in [0.25, 0.3) is 0 Å². The van der Waals surface area contributed by atoms with Crippen LogP contribution in [0.15, 0.2) is 24.3 Å². The zero-order valence-corrected chi connectivity index (χ0v) is 12.9. The molecule has 2 N–H and O–H groups in total.